The van der Waals surface area contributed by atoms with Crippen LogP contribution in [-0.4, -0.2) is 33.1 Å². The number of hydrogen-bond acceptors (Lipinski definition) is 7. The van der Waals surface area contributed by atoms with Crippen LogP contribution >= 0.6 is 22.7 Å². The van der Waals surface area contributed by atoms with E-state index in [1.165, 1.54) is 6.20 Å². The largest absolute Gasteiger partial charge is 0.369 e. The molecule has 1 aliphatic rings. The van der Waals surface area contributed by atoms with Crippen molar-refractivity contribution < 1.29 is 13.2 Å². The predicted molar refractivity (Wildman–Crippen MR) is 78.7 cm³/mol. The van der Waals surface area contributed by atoms with Crippen LogP contribution in [0.15, 0.2) is 27.9 Å². The highest BCUT2D eigenvalue weighted by Crippen LogP contribution is 2.31. The Balaban J connectivity index is 1.79. The van der Waals surface area contributed by atoms with E-state index < -0.39 is 10.0 Å². The Labute approximate surface area is 124 Å². The molecule has 1 saturated heterocycles. The van der Waals surface area contributed by atoms with Crippen LogP contribution in [0.1, 0.15) is 11.0 Å². The first-order valence-corrected chi connectivity index (χ1v) is 9.17. The van der Waals surface area contributed by atoms with Crippen LogP contribution in [0.4, 0.5) is 5.13 Å². The minimum atomic E-state index is -3.68. The number of hydrogen-bond donors (Lipinski definition) is 1. The Morgan fingerprint density at radius 3 is 3.00 bits per heavy atom. The third-order valence-corrected chi connectivity index (χ3v) is 6.38. The van der Waals surface area contributed by atoms with Crippen LogP contribution in [0.3, 0.4) is 0 Å². The second-order valence-electron chi connectivity index (χ2n) is 4.33. The lowest BCUT2D eigenvalue weighted by molar-refractivity contribution is 0.0421. The first-order valence-electron chi connectivity index (χ1n) is 5.92. The molecule has 6 nitrogen and oxygen atoms in total. The Morgan fingerprint density at radius 2 is 2.35 bits per heavy atom. The Bertz CT molecular complexity index is 681. The van der Waals surface area contributed by atoms with Crippen molar-refractivity contribution in [2.75, 3.05) is 24.6 Å². The third-order valence-electron chi connectivity index (χ3n) is 2.95. The predicted octanol–water partition coefficient (Wildman–Crippen LogP) is 1.43. The second-order valence-corrected chi connectivity index (χ2v) is 8.10. The molecule has 1 atom stereocenters. The van der Waals surface area contributed by atoms with Gasteiger partial charge in [0, 0.05) is 11.4 Å². The van der Waals surface area contributed by atoms with Gasteiger partial charge in [0.2, 0.25) is 10.0 Å². The molecule has 0 aliphatic carbocycles. The Hall–Kier alpha value is -1.00. The lowest BCUT2D eigenvalue weighted by atomic mass is 10.2. The van der Waals surface area contributed by atoms with E-state index in [9.17, 15) is 8.42 Å². The third kappa shape index (κ3) is 2.86. The molecule has 0 bridgehead atoms. The van der Waals surface area contributed by atoms with Gasteiger partial charge >= 0.3 is 0 Å². The fourth-order valence-electron chi connectivity index (χ4n) is 2.00. The molecular formula is C11H13N3O3S3. The van der Waals surface area contributed by atoms with Gasteiger partial charge in [0.05, 0.1) is 19.3 Å². The molecule has 0 spiro atoms. The van der Waals surface area contributed by atoms with Crippen molar-refractivity contribution in [2.24, 2.45) is 5.14 Å². The quantitative estimate of drug-likeness (QED) is 0.919. The number of aromatic nitrogens is 1. The highest BCUT2D eigenvalue weighted by Gasteiger charge is 2.25. The van der Waals surface area contributed by atoms with E-state index in [4.69, 9.17) is 9.88 Å². The van der Waals surface area contributed by atoms with Crippen molar-refractivity contribution >= 4 is 37.8 Å². The number of nitrogens with two attached hydrogens (primary N) is 1. The van der Waals surface area contributed by atoms with Gasteiger partial charge in [-0.05, 0) is 11.4 Å². The van der Waals surface area contributed by atoms with E-state index in [0.29, 0.717) is 24.8 Å². The molecule has 9 heteroatoms. The minimum Gasteiger partial charge on any atom is -0.369 e. The van der Waals surface area contributed by atoms with Gasteiger partial charge in [-0.1, -0.05) is 17.4 Å². The number of thiazole rings is 1. The molecule has 1 unspecified atom stereocenters. The van der Waals surface area contributed by atoms with Crippen molar-refractivity contribution in [3.63, 3.8) is 0 Å². The summed E-state index contributed by atoms with van der Waals surface area (Å²) in [5.74, 6) is 0. The standard InChI is InChI=1S/C11H13N3O3S3/c12-20(15,16)10-6-13-11(19-10)14-3-4-17-8(7-14)9-2-1-5-18-9/h1-2,5-6,8H,3-4,7H2,(H2,12,15,16). The molecular weight excluding hydrogens is 318 g/mol. The molecule has 1 fully saturated rings. The summed E-state index contributed by atoms with van der Waals surface area (Å²) in [6.07, 6.45) is 1.32. The summed E-state index contributed by atoms with van der Waals surface area (Å²) in [5, 5.41) is 7.78. The van der Waals surface area contributed by atoms with E-state index in [-0.39, 0.29) is 10.3 Å². The zero-order valence-corrected chi connectivity index (χ0v) is 12.9. The molecule has 0 aromatic carbocycles. The lowest BCUT2D eigenvalue weighted by Gasteiger charge is -2.32. The molecule has 0 radical (unpaired) electrons. The summed E-state index contributed by atoms with van der Waals surface area (Å²) in [6, 6.07) is 4.03. The molecule has 0 saturated carbocycles. The van der Waals surface area contributed by atoms with Crippen LogP contribution < -0.4 is 10.0 Å². The average molecular weight is 331 g/mol. The highest BCUT2D eigenvalue weighted by molar-refractivity contribution is 7.91. The van der Waals surface area contributed by atoms with E-state index >= 15 is 0 Å². The van der Waals surface area contributed by atoms with Crippen molar-refractivity contribution in [1.82, 2.24) is 4.98 Å². The number of sulfonamides is 1. The topological polar surface area (TPSA) is 85.5 Å². The van der Waals surface area contributed by atoms with Gasteiger partial charge in [-0.2, -0.15) is 0 Å². The molecule has 2 aromatic rings. The second kappa shape index (κ2) is 5.41. The van der Waals surface area contributed by atoms with E-state index in [1.807, 2.05) is 22.4 Å². The smallest absolute Gasteiger partial charge is 0.249 e. The summed E-state index contributed by atoms with van der Waals surface area (Å²) < 4.78 is 28.4. The van der Waals surface area contributed by atoms with Gasteiger partial charge in [-0.3, -0.25) is 0 Å². The fraction of sp³-hybridized carbons (Fsp3) is 0.364. The van der Waals surface area contributed by atoms with Crippen molar-refractivity contribution in [3.8, 4) is 0 Å². The summed E-state index contributed by atoms with van der Waals surface area (Å²) in [5.41, 5.74) is 0. The number of anilines is 1. The van der Waals surface area contributed by atoms with Crippen LogP contribution in [0.25, 0.3) is 0 Å². The van der Waals surface area contributed by atoms with Gasteiger partial charge in [-0.15, -0.1) is 11.3 Å². The number of nitrogens with zero attached hydrogens (tertiary/aromatic N) is 2. The molecule has 108 valence electrons. The fourth-order valence-corrected chi connectivity index (χ4v) is 4.34. The zero-order chi connectivity index (χ0) is 14.2. The number of rotatable bonds is 3. The van der Waals surface area contributed by atoms with Crippen LogP contribution in [-0.2, 0) is 14.8 Å². The molecule has 20 heavy (non-hydrogen) atoms. The maximum atomic E-state index is 11.3. The van der Waals surface area contributed by atoms with Gasteiger partial charge in [0.1, 0.15) is 6.10 Å². The van der Waals surface area contributed by atoms with Crippen molar-refractivity contribution in [1.29, 1.82) is 0 Å². The average Bonchev–Trinajstić information content (AvgIpc) is 3.10. The highest BCUT2D eigenvalue weighted by atomic mass is 32.2. The Morgan fingerprint density at radius 1 is 1.50 bits per heavy atom. The molecule has 1 aliphatic heterocycles. The van der Waals surface area contributed by atoms with Gasteiger partial charge in [-0.25, -0.2) is 18.5 Å². The lowest BCUT2D eigenvalue weighted by Crippen LogP contribution is -2.38. The van der Waals surface area contributed by atoms with Crippen LogP contribution in [0.5, 0.6) is 0 Å². The zero-order valence-electron chi connectivity index (χ0n) is 10.4. The van der Waals surface area contributed by atoms with Gasteiger partial charge in [0.15, 0.2) is 9.34 Å². The van der Waals surface area contributed by atoms with Crippen molar-refractivity contribution in [3.05, 3.63) is 28.6 Å². The maximum absolute atomic E-state index is 11.3. The summed E-state index contributed by atoms with van der Waals surface area (Å²) in [6.45, 7) is 1.95. The number of morpholine rings is 1. The summed E-state index contributed by atoms with van der Waals surface area (Å²) in [7, 11) is -3.68. The molecule has 3 rings (SSSR count). The van der Waals surface area contributed by atoms with Crippen molar-refractivity contribution in [2.45, 2.75) is 10.3 Å². The molecule has 2 aromatic heterocycles. The SMILES string of the molecule is NS(=O)(=O)c1cnc(N2CCOC(c3cccs3)C2)s1. The van der Waals surface area contributed by atoms with Gasteiger partial charge in [0.25, 0.3) is 0 Å². The first kappa shape index (κ1) is 14.0. The summed E-state index contributed by atoms with van der Waals surface area (Å²) >= 11 is 2.75. The van der Waals surface area contributed by atoms with Gasteiger partial charge < -0.3 is 9.64 Å². The van der Waals surface area contributed by atoms with Crippen LogP contribution in [0.2, 0.25) is 0 Å². The number of ether oxygens (including phenoxy) is 1. The number of primary sulfonamides is 1. The van der Waals surface area contributed by atoms with E-state index in [0.717, 1.165) is 16.2 Å². The molecule has 3 heterocycles. The molecule has 0 amide bonds. The Kier molecular flexibility index (Phi) is 3.78. The first-order chi connectivity index (χ1) is 9.54. The monoisotopic (exact) mass is 331 g/mol. The maximum Gasteiger partial charge on any atom is 0.249 e. The van der Waals surface area contributed by atoms with E-state index in [1.54, 1.807) is 11.3 Å². The van der Waals surface area contributed by atoms with E-state index in [2.05, 4.69) is 4.98 Å². The van der Waals surface area contributed by atoms with Crippen LogP contribution in [0, 0.1) is 0 Å². The summed E-state index contributed by atoms with van der Waals surface area (Å²) in [4.78, 5) is 7.35. The number of thiophene rings is 1. The normalized spacial score (nSPS) is 20.2. The minimum absolute atomic E-state index is 0.00517. The molecule has 2 N–H and O–H groups in total.